The number of anilines is 1. The van der Waals surface area contributed by atoms with Gasteiger partial charge in [-0.15, -0.1) is 0 Å². The summed E-state index contributed by atoms with van der Waals surface area (Å²) >= 11 is 0. The summed E-state index contributed by atoms with van der Waals surface area (Å²) in [6, 6.07) is 17.5. The van der Waals surface area contributed by atoms with Crippen molar-refractivity contribution in [2.45, 2.75) is 11.3 Å². The van der Waals surface area contributed by atoms with Gasteiger partial charge in [-0.3, -0.25) is 9.52 Å². The molecule has 150 valence electrons. The van der Waals surface area contributed by atoms with E-state index in [-0.39, 0.29) is 23.0 Å². The number of carbonyl (C=O) groups is 1. The molecular weight excluding hydrogens is 390 g/mol. The van der Waals surface area contributed by atoms with E-state index in [1.165, 1.54) is 0 Å². The van der Waals surface area contributed by atoms with Gasteiger partial charge in [-0.2, -0.15) is 0 Å². The average molecular weight is 411 g/mol. The van der Waals surface area contributed by atoms with E-state index in [4.69, 9.17) is 4.74 Å². The predicted octanol–water partition coefficient (Wildman–Crippen LogP) is 2.44. The minimum Gasteiger partial charge on any atom is -0.378 e. The van der Waals surface area contributed by atoms with Crippen LogP contribution in [-0.4, -0.2) is 50.5 Å². The van der Waals surface area contributed by atoms with Gasteiger partial charge in [0.15, 0.2) is 0 Å². The van der Waals surface area contributed by atoms with Crippen molar-refractivity contribution in [1.29, 1.82) is 0 Å². The fourth-order valence-electron chi connectivity index (χ4n) is 3.25. The lowest BCUT2D eigenvalue weighted by Gasteiger charge is -2.26. The van der Waals surface area contributed by atoms with Crippen LogP contribution in [0.15, 0.2) is 65.6 Å². The third kappa shape index (κ3) is 4.55. The quantitative estimate of drug-likeness (QED) is 0.697. The number of pyridine rings is 1. The molecule has 1 N–H and O–H groups in total. The van der Waals surface area contributed by atoms with Crippen LogP contribution in [0, 0.1) is 0 Å². The molecule has 0 spiro atoms. The second-order valence-electron chi connectivity index (χ2n) is 6.80. The number of fused-ring (bicyclic) bond motifs is 1. The maximum atomic E-state index is 12.8. The monoisotopic (exact) mass is 411 g/mol. The molecule has 29 heavy (non-hydrogen) atoms. The van der Waals surface area contributed by atoms with E-state index >= 15 is 0 Å². The van der Waals surface area contributed by atoms with Gasteiger partial charge in [0.1, 0.15) is 5.82 Å². The Kier molecular flexibility index (Phi) is 5.46. The van der Waals surface area contributed by atoms with E-state index in [0.717, 1.165) is 10.8 Å². The summed E-state index contributed by atoms with van der Waals surface area (Å²) in [4.78, 5) is 18.6. The third-order valence-corrected chi connectivity index (χ3v) is 6.13. The molecule has 7 nitrogen and oxygen atoms in total. The van der Waals surface area contributed by atoms with Gasteiger partial charge in [0.25, 0.3) is 10.0 Å². The Morgan fingerprint density at radius 3 is 2.55 bits per heavy atom. The van der Waals surface area contributed by atoms with Gasteiger partial charge in [-0.05, 0) is 35.0 Å². The average Bonchev–Trinajstić information content (AvgIpc) is 2.74. The van der Waals surface area contributed by atoms with E-state index in [0.29, 0.717) is 32.0 Å². The highest BCUT2D eigenvalue weighted by molar-refractivity contribution is 7.92. The van der Waals surface area contributed by atoms with Gasteiger partial charge < -0.3 is 9.64 Å². The Balaban J connectivity index is 1.50. The van der Waals surface area contributed by atoms with Crippen LogP contribution in [0.1, 0.15) is 5.69 Å². The van der Waals surface area contributed by atoms with Crippen molar-refractivity contribution < 1.29 is 17.9 Å². The standard InChI is InChI=1S/C21H21N3O4S/c25-21(24-10-12-28-13-11-24)15-18-6-3-7-20(22-18)23-29(26,27)19-9-8-16-4-1-2-5-17(16)14-19/h1-9,14H,10-13,15H2,(H,22,23). The van der Waals surface area contributed by atoms with Crippen LogP contribution in [-0.2, 0) is 26.0 Å². The molecule has 2 heterocycles. The van der Waals surface area contributed by atoms with E-state index in [9.17, 15) is 13.2 Å². The number of nitrogens with zero attached hydrogens (tertiary/aromatic N) is 2. The lowest BCUT2D eigenvalue weighted by Crippen LogP contribution is -2.41. The first-order valence-electron chi connectivity index (χ1n) is 9.34. The summed E-state index contributed by atoms with van der Waals surface area (Å²) in [5.41, 5.74) is 0.514. The van der Waals surface area contributed by atoms with Crippen LogP contribution in [0.25, 0.3) is 10.8 Å². The van der Waals surface area contributed by atoms with Crippen molar-refractivity contribution in [2.24, 2.45) is 0 Å². The summed E-state index contributed by atoms with van der Waals surface area (Å²) in [6.07, 6.45) is 0.117. The number of rotatable bonds is 5. The molecule has 0 atom stereocenters. The molecular formula is C21H21N3O4S. The van der Waals surface area contributed by atoms with E-state index in [1.807, 2.05) is 24.3 Å². The first-order chi connectivity index (χ1) is 14.0. The fraction of sp³-hybridized carbons (Fsp3) is 0.238. The highest BCUT2D eigenvalue weighted by Gasteiger charge is 2.19. The number of amides is 1. The van der Waals surface area contributed by atoms with Gasteiger partial charge in [0.2, 0.25) is 5.91 Å². The Bertz CT molecular complexity index is 1140. The summed E-state index contributed by atoms with van der Waals surface area (Å²) < 4.78 is 33.3. The predicted molar refractivity (Wildman–Crippen MR) is 110 cm³/mol. The molecule has 1 fully saturated rings. The number of sulfonamides is 1. The fourth-order valence-corrected chi connectivity index (χ4v) is 4.28. The van der Waals surface area contributed by atoms with Gasteiger partial charge in [-0.25, -0.2) is 13.4 Å². The molecule has 1 aromatic heterocycles. The van der Waals surface area contributed by atoms with E-state index in [1.54, 1.807) is 41.3 Å². The van der Waals surface area contributed by atoms with Crippen molar-refractivity contribution in [2.75, 3.05) is 31.0 Å². The highest BCUT2D eigenvalue weighted by Crippen LogP contribution is 2.21. The topological polar surface area (TPSA) is 88.6 Å². The summed E-state index contributed by atoms with van der Waals surface area (Å²) in [5, 5.41) is 1.81. The minimum atomic E-state index is -3.79. The number of hydrogen-bond acceptors (Lipinski definition) is 5. The maximum Gasteiger partial charge on any atom is 0.263 e. The van der Waals surface area contributed by atoms with Crippen molar-refractivity contribution >= 4 is 32.5 Å². The number of morpholine rings is 1. The molecule has 3 aromatic rings. The lowest BCUT2D eigenvalue weighted by atomic mass is 10.1. The Morgan fingerprint density at radius 1 is 1.00 bits per heavy atom. The zero-order valence-electron chi connectivity index (χ0n) is 15.7. The molecule has 1 amide bonds. The molecule has 1 aliphatic heterocycles. The zero-order valence-corrected chi connectivity index (χ0v) is 16.6. The van der Waals surface area contributed by atoms with Crippen molar-refractivity contribution in [1.82, 2.24) is 9.88 Å². The Hall–Kier alpha value is -2.97. The van der Waals surface area contributed by atoms with Crippen LogP contribution < -0.4 is 4.72 Å². The highest BCUT2D eigenvalue weighted by atomic mass is 32.2. The SMILES string of the molecule is O=C(Cc1cccc(NS(=O)(=O)c2ccc3ccccc3c2)n1)N1CCOCC1. The van der Waals surface area contributed by atoms with Crippen molar-refractivity contribution in [3.05, 3.63) is 66.4 Å². The molecule has 1 aliphatic rings. The largest absolute Gasteiger partial charge is 0.378 e. The number of benzene rings is 2. The molecule has 0 aliphatic carbocycles. The van der Waals surface area contributed by atoms with E-state index < -0.39 is 10.0 Å². The molecule has 4 rings (SSSR count). The van der Waals surface area contributed by atoms with Gasteiger partial charge >= 0.3 is 0 Å². The number of hydrogen-bond donors (Lipinski definition) is 1. The van der Waals surface area contributed by atoms with Gasteiger partial charge in [0.05, 0.1) is 30.2 Å². The minimum absolute atomic E-state index is 0.0460. The molecule has 8 heteroatoms. The van der Waals surface area contributed by atoms with Crippen LogP contribution in [0.5, 0.6) is 0 Å². The summed E-state index contributed by atoms with van der Waals surface area (Å²) in [7, 11) is -3.79. The first-order valence-corrected chi connectivity index (χ1v) is 10.8. The normalized spacial score (nSPS) is 14.7. The Labute approximate surface area is 169 Å². The smallest absolute Gasteiger partial charge is 0.263 e. The third-order valence-electron chi connectivity index (χ3n) is 4.77. The van der Waals surface area contributed by atoms with E-state index in [2.05, 4.69) is 9.71 Å². The van der Waals surface area contributed by atoms with Crippen LogP contribution in [0.2, 0.25) is 0 Å². The molecule has 2 aromatic carbocycles. The molecule has 0 unspecified atom stereocenters. The number of aromatic nitrogens is 1. The van der Waals surface area contributed by atoms with Crippen LogP contribution in [0.4, 0.5) is 5.82 Å². The van der Waals surface area contributed by atoms with Crippen molar-refractivity contribution in [3.8, 4) is 0 Å². The van der Waals surface area contributed by atoms with Crippen LogP contribution in [0.3, 0.4) is 0 Å². The zero-order chi connectivity index (χ0) is 20.3. The maximum absolute atomic E-state index is 12.8. The first kappa shape index (κ1) is 19.4. The van der Waals surface area contributed by atoms with Gasteiger partial charge in [0, 0.05) is 13.1 Å². The summed E-state index contributed by atoms with van der Waals surface area (Å²) in [5.74, 6) is 0.140. The molecule has 0 radical (unpaired) electrons. The number of ether oxygens (including phenoxy) is 1. The molecule has 1 saturated heterocycles. The number of carbonyl (C=O) groups excluding carboxylic acids is 1. The second kappa shape index (κ2) is 8.18. The number of nitrogens with one attached hydrogen (secondary N) is 1. The summed E-state index contributed by atoms with van der Waals surface area (Å²) in [6.45, 7) is 2.19. The second-order valence-corrected chi connectivity index (χ2v) is 8.48. The molecule has 0 bridgehead atoms. The lowest BCUT2D eigenvalue weighted by molar-refractivity contribution is -0.134. The van der Waals surface area contributed by atoms with Gasteiger partial charge in [-0.1, -0.05) is 36.4 Å². The van der Waals surface area contributed by atoms with Crippen LogP contribution >= 0.6 is 0 Å². The molecule has 0 saturated carbocycles. The Morgan fingerprint density at radius 2 is 1.76 bits per heavy atom. The van der Waals surface area contributed by atoms with Crippen molar-refractivity contribution in [3.63, 3.8) is 0 Å².